The van der Waals surface area contributed by atoms with Crippen molar-refractivity contribution in [3.8, 4) is 5.69 Å². The third-order valence-corrected chi connectivity index (χ3v) is 5.93. The molecule has 0 aliphatic carbocycles. The molecule has 1 aromatic heterocycles. The zero-order valence-corrected chi connectivity index (χ0v) is 15.7. The summed E-state index contributed by atoms with van der Waals surface area (Å²) in [5, 5.41) is 14.1. The number of piperidine rings is 1. The van der Waals surface area contributed by atoms with Crippen LogP contribution < -0.4 is 0 Å². The van der Waals surface area contributed by atoms with Gasteiger partial charge in [0.25, 0.3) is 5.91 Å². The molecule has 2 unspecified atom stereocenters. The minimum atomic E-state index is 0.0284. The van der Waals surface area contributed by atoms with Gasteiger partial charge in [-0.05, 0) is 50.0 Å². The van der Waals surface area contributed by atoms with Crippen LogP contribution in [0.2, 0.25) is 0 Å². The summed E-state index contributed by atoms with van der Waals surface area (Å²) in [6.45, 7) is 4.75. The smallest absolute Gasteiger partial charge is 0.256 e. The number of nitrogens with zero attached hydrogens (tertiary/aromatic N) is 4. The number of carbonyl (C=O) groups excluding carboxylic acids is 1. The van der Waals surface area contributed by atoms with Gasteiger partial charge >= 0.3 is 0 Å². The van der Waals surface area contributed by atoms with Gasteiger partial charge in [0.2, 0.25) is 0 Å². The van der Waals surface area contributed by atoms with E-state index in [4.69, 9.17) is 0 Å². The molecule has 27 heavy (non-hydrogen) atoms. The van der Waals surface area contributed by atoms with Crippen molar-refractivity contribution in [2.24, 2.45) is 11.8 Å². The summed E-state index contributed by atoms with van der Waals surface area (Å²) in [6, 6.07) is 9.46. The van der Waals surface area contributed by atoms with Crippen LogP contribution in [-0.2, 0) is 0 Å². The Hall–Kier alpha value is -2.18. The van der Waals surface area contributed by atoms with Gasteiger partial charge in [0, 0.05) is 44.6 Å². The Labute approximate surface area is 160 Å². The van der Waals surface area contributed by atoms with E-state index in [1.807, 2.05) is 41.4 Å². The molecule has 2 fully saturated rings. The van der Waals surface area contributed by atoms with Crippen LogP contribution in [0.4, 0.5) is 0 Å². The molecular formula is C21H28N4O2. The first-order chi connectivity index (χ1) is 13.3. The summed E-state index contributed by atoms with van der Waals surface area (Å²) in [5.41, 5.74) is 1.46. The highest BCUT2D eigenvalue weighted by Crippen LogP contribution is 2.28. The van der Waals surface area contributed by atoms with Crippen molar-refractivity contribution in [2.45, 2.75) is 19.3 Å². The molecule has 4 rings (SSSR count). The third kappa shape index (κ3) is 3.92. The molecule has 3 heterocycles. The van der Waals surface area contributed by atoms with Crippen LogP contribution in [0.5, 0.6) is 0 Å². The molecule has 1 N–H and O–H groups in total. The number of benzene rings is 1. The van der Waals surface area contributed by atoms with Gasteiger partial charge in [-0.2, -0.15) is 5.10 Å². The monoisotopic (exact) mass is 368 g/mol. The van der Waals surface area contributed by atoms with Crippen LogP contribution in [0, 0.1) is 11.8 Å². The van der Waals surface area contributed by atoms with Crippen LogP contribution in [0.3, 0.4) is 0 Å². The second kappa shape index (κ2) is 8.23. The molecule has 0 saturated carbocycles. The summed E-state index contributed by atoms with van der Waals surface area (Å²) >= 11 is 0. The number of hydrogen-bond donors (Lipinski definition) is 1. The summed E-state index contributed by atoms with van der Waals surface area (Å²) in [4.78, 5) is 17.7. The van der Waals surface area contributed by atoms with E-state index in [9.17, 15) is 9.90 Å². The predicted molar refractivity (Wildman–Crippen MR) is 104 cm³/mol. The standard InChI is InChI=1S/C21H28N4O2/c26-16-18-15-24(14-17(18)13-23-10-4-1-5-11-23)21(27)19-7-2-3-8-20(19)25-12-6-9-22-25/h2-3,6-9,12,17-18,26H,1,4-5,10-11,13-16H2. The molecule has 6 nitrogen and oxygen atoms in total. The van der Waals surface area contributed by atoms with Crippen molar-refractivity contribution >= 4 is 5.91 Å². The molecule has 1 aromatic carbocycles. The number of carbonyl (C=O) groups is 1. The van der Waals surface area contributed by atoms with E-state index >= 15 is 0 Å². The Kier molecular flexibility index (Phi) is 5.55. The quantitative estimate of drug-likeness (QED) is 0.877. The molecule has 6 heteroatoms. The number of amides is 1. The maximum Gasteiger partial charge on any atom is 0.256 e. The summed E-state index contributed by atoms with van der Waals surface area (Å²) in [5.74, 6) is 0.530. The van der Waals surface area contributed by atoms with Crippen molar-refractivity contribution in [1.82, 2.24) is 19.6 Å². The second-order valence-electron chi connectivity index (χ2n) is 7.74. The van der Waals surface area contributed by atoms with E-state index in [2.05, 4.69) is 10.00 Å². The van der Waals surface area contributed by atoms with E-state index in [0.717, 1.165) is 25.3 Å². The van der Waals surface area contributed by atoms with E-state index in [1.165, 1.54) is 19.3 Å². The molecule has 0 bridgehead atoms. The third-order valence-electron chi connectivity index (χ3n) is 5.93. The number of hydrogen-bond acceptors (Lipinski definition) is 4. The Morgan fingerprint density at radius 1 is 1.07 bits per heavy atom. The average Bonchev–Trinajstić information content (AvgIpc) is 3.38. The second-order valence-corrected chi connectivity index (χ2v) is 7.74. The normalized spacial score (nSPS) is 23.7. The van der Waals surface area contributed by atoms with E-state index < -0.39 is 0 Å². The van der Waals surface area contributed by atoms with Crippen LogP contribution in [0.25, 0.3) is 5.69 Å². The van der Waals surface area contributed by atoms with Gasteiger partial charge in [-0.25, -0.2) is 4.68 Å². The highest BCUT2D eigenvalue weighted by Gasteiger charge is 2.36. The lowest BCUT2D eigenvalue weighted by molar-refractivity contribution is 0.0778. The molecule has 144 valence electrons. The first kappa shape index (κ1) is 18.2. The summed E-state index contributed by atoms with van der Waals surface area (Å²) in [6.07, 6.45) is 7.41. The fourth-order valence-electron chi connectivity index (χ4n) is 4.43. The van der Waals surface area contributed by atoms with Crippen molar-refractivity contribution in [3.05, 3.63) is 48.3 Å². The number of aromatic nitrogens is 2. The van der Waals surface area contributed by atoms with Crippen molar-refractivity contribution < 1.29 is 9.90 Å². The first-order valence-corrected chi connectivity index (χ1v) is 9.98. The minimum Gasteiger partial charge on any atom is -0.396 e. The molecule has 2 aromatic rings. The van der Waals surface area contributed by atoms with Crippen LogP contribution in [0.15, 0.2) is 42.7 Å². The lowest BCUT2D eigenvalue weighted by atomic mass is 9.95. The Morgan fingerprint density at radius 3 is 2.59 bits per heavy atom. The van der Waals surface area contributed by atoms with Crippen molar-refractivity contribution in [1.29, 1.82) is 0 Å². The number of aliphatic hydroxyl groups is 1. The number of aliphatic hydroxyl groups excluding tert-OH is 1. The Morgan fingerprint density at radius 2 is 1.85 bits per heavy atom. The van der Waals surface area contributed by atoms with Crippen LogP contribution >= 0.6 is 0 Å². The minimum absolute atomic E-state index is 0.0284. The topological polar surface area (TPSA) is 61.6 Å². The van der Waals surface area contributed by atoms with Crippen molar-refractivity contribution in [2.75, 3.05) is 39.3 Å². The van der Waals surface area contributed by atoms with Gasteiger partial charge in [-0.1, -0.05) is 18.6 Å². The van der Waals surface area contributed by atoms with Crippen LogP contribution in [-0.4, -0.2) is 69.9 Å². The summed E-state index contributed by atoms with van der Waals surface area (Å²) < 4.78 is 1.73. The lowest BCUT2D eigenvalue weighted by Gasteiger charge is -2.30. The summed E-state index contributed by atoms with van der Waals surface area (Å²) in [7, 11) is 0. The van der Waals surface area contributed by atoms with Gasteiger partial charge in [-0.3, -0.25) is 4.79 Å². The van der Waals surface area contributed by atoms with Gasteiger partial charge < -0.3 is 14.9 Å². The number of para-hydroxylation sites is 1. The van der Waals surface area contributed by atoms with Gasteiger partial charge in [0.1, 0.15) is 0 Å². The predicted octanol–water partition coefficient (Wildman–Crippen LogP) is 2.04. The first-order valence-electron chi connectivity index (χ1n) is 9.98. The molecule has 2 aliphatic heterocycles. The van der Waals surface area contributed by atoms with Crippen molar-refractivity contribution in [3.63, 3.8) is 0 Å². The van der Waals surface area contributed by atoms with E-state index in [-0.39, 0.29) is 18.4 Å². The number of likely N-dealkylation sites (tertiary alicyclic amines) is 2. The maximum absolute atomic E-state index is 13.3. The fraction of sp³-hybridized carbons (Fsp3) is 0.524. The molecule has 1 amide bonds. The van der Waals surface area contributed by atoms with Gasteiger partial charge in [-0.15, -0.1) is 0 Å². The highest BCUT2D eigenvalue weighted by atomic mass is 16.3. The Bertz CT molecular complexity index is 755. The molecule has 2 saturated heterocycles. The number of rotatable bonds is 5. The molecule has 0 spiro atoms. The molecule has 0 radical (unpaired) electrons. The van der Waals surface area contributed by atoms with Crippen LogP contribution in [0.1, 0.15) is 29.6 Å². The van der Waals surface area contributed by atoms with E-state index in [0.29, 0.717) is 24.6 Å². The fourth-order valence-corrected chi connectivity index (χ4v) is 4.43. The SMILES string of the molecule is O=C(c1ccccc1-n1cccn1)N1CC(CO)C(CN2CCCCC2)C1. The maximum atomic E-state index is 13.3. The van der Waals surface area contributed by atoms with Gasteiger partial charge in [0.15, 0.2) is 0 Å². The zero-order chi connectivity index (χ0) is 18.6. The molecule has 2 aliphatic rings. The largest absolute Gasteiger partial charge is 0.396 e. The Balaban J connectivity index is 1.50. The highest BCUT2D eigenvalue weighted by molar-refractivity contribution is 5.98. The zero-order valence-electron chi connectivity index (χ0n) is 15.7. The average molecular weight is 368 g/mol. The molecular weight excluding hydrogens is 340 g/mol. The molecule has 2 atom stereocenters. The lowest BCUT2D eigenvalue weighted by Crippen LogP contribution is -2.37. The van der Waals surface area contributed by atoms with E-state index in [1.54, 1.807) is 10.9 Å². The van der Waals surface area contributed by atoms with Gasteiger partial charge in [0.05, 0.1) is 11.3 Å².